The maximum atomic E-state index is 12.2. The number of benzene rings is 1. The lowest BCUT2D eigenvalue weighted by atomic mass is 10.0. The number of hydrogen-bond donors (Lipinski definition) is 1. The molecule has 0 spiro atoms. The van der Waals surface area contributed by atoms with Crippen molar-refractivity contribution in [3.05, 3.63) is 28.8 Å². The van der Waals surface area contributed by atoms with Gasteiger partial charge in [0.25, 0.3) is 0 Å². The first-order chi connectivity index (χ1) is 12.2. The molecule has 0 radical (unpaired) electrons. The van der Waals surface area contributed by atoms with E-state index in [1.54, 1.807) is 25.1 Å². The van der Waals surface area contributed by atoms with Crippen molar-refractivity contribution in [2.75, 3.05) is 25.2 Å². The summed E-state index contributed by atoms with van der Waals surface area (Å²) in [5.74, 6) is 0.662. The van der Waals surface area contributed by atoms with Crippen LogP contribution in [0.5, 0.6) is 11.5 Å². The number of rotatable bonds is 7. The van der Waals surface area contributed by atoms with Crippen molar-refractivity contribution in [1.82, 2.24) is 5.32 Å². The second kappa shape index (κ2) is 8.31. The lowest BCUT2D eigenvalue weighted by Gasteiger charge is -2.22. The fourth-order valence-electron chi connectivity index (χ4n) is 2.80. The molecule has 0 aliphatic carbocycles. The molecule has 1 atom stereocenters. The molecule has 1 aliphatic heterocycles. The van der Waals surface area contributed by atoms with Gasteiger partial charge in [-0.15, -0.1) is 0 Å². The Morgan fingerprint density at radius 3 is 2.73 bits per heavy atom. The molecule has 0 bridgehead atoms. The van der Waals surface area contributed by atoms with Crippen molar-refractivity contribution in [2.24, 2.45) is 0 Å². The molecule has 1 unspecified atom stereocenters. The van der Waals surface area contributed by atoms with Crippen LogP contribution in [0.2, 0.25) is 5.02 Å². The molecule has 1 fully saturated rings. The number of amides is 1. The normalized spacial score (nSPS) is 21.7. The van der Waals surface area contributed by atoms with Gasteiger partial charge in [-0.25, -0.2) is 8.42 Å². The molecule has 1 aliphatic rings. The van der Waals surface area contributed by atoms with Gasteiger partial charge in [0.1, 0.15) is 0 Å². The highest BCUT2D eigenvalue weighted by atomic mass is 35.5. The summed E-state index contributed by atoms with van der Waals surface area (Å²) in [5, 5.41) is 3.16. The Bertz CT molecular complexity index is 806. The van der Waals surface area contributed by atoms with E-state index in [1.807, 2.05) is 6.92 Å². The van der Waals surface area contributed by atoms with Crippen LogP contribution in [0, 0.1) is 0 Å². The quantitative estimate of drug-likeness (QED) is 0.710. The van der Waals surface area contributed by atoms with E-state index in [9.17, 15) is 13.2 Å². The van der Waals surface area contributed by atoms with Gasteiger partial charge >= 0.3 is 0 Å². The standard InChI is InChI=1S/C18H24ClNO5S/c1-4-8-25-17-14(19)10-13(11-15(17)24-3)5-6-16(21)20-18(2)7-9-26(22,23)12-18/h5-6,10-11H,4,7-9,12H2,1-3H3,(H,20,21)/b6-5+. The smallest absolute Gasteiger partial charge is 0.244 e. The molecule has 1 saturated heterocycles. The number of halogens is 1. The van der Waals surface area contributed by atoms with Crippen LogP contribution in [0.3, 0.4) is 0 Å². The second-order valence-corrected chi connectivity index (χ2v) is 9.20. The first-order valence-corrected chi connectivity index (χ1v) is 10.6. The molecule has 1 N–H and O–H groups in total. The third-order valence-electron chi connectivity index (χ3n) is 4.06. The Morgan fingerprint density at radius 1 is 1.42 bits per heavy atom. The summed E-state index contributed by atoms with van der Waals surface area (Å²) in [6.45, 7) is 4.25. The lowest BCUT2D eigenvalue weighted by Crippen LogP contribution is -2.46. The Balaban J connectivity index is 2.10. The average molecular weight is 402 g/mol. The minimum atomic E-state index is -3.08. The molecule has 1 heterocycles. The van der Waals surface area contributed by atoms with Crippen molar-refractivity contribution in [2.45, 2.75) is 32.2 Å². The van der Waals surface area contributed by atoms with Gasteiger partial charge in [0.2, 0.25) is 5.91 Å². The van der Waals surface area contributed by atoms with Crippen LogP contribution in [-0.2, 0) is 14.6 Å². The van der Waals surface area contributed by atoms with E-state index in [2.05, 4.69) is 5.32 Å². The molecule has 1 aromatic rings. The van der Waals surface area contributed by atoms with Crippen LogP contribution in [0.1, 0.15) is 32.3 Å². The summed E-state index contributed by atoms with van der Waals surface area (Å²) in [6, 6.07) is 3.41. The zero-order valence-corrected chi connectivity index (χ0v) is 16.7. The number of carbonyl (C=O) groups is 1. The van der Waals surface area contributed by atoms with Crippen LogP contribution in [-0.4, -0.2) is 45.1 Å². The molecule has 1 amide bonds. The summed E-state index contributed by atoms with van der Waals surface area (Å²) in [5.41, 5.74) is -0.0528. The number of sulfone groups is 1. The monoisotopic (exact) mass is 401 g/mol. The van der Waals surface area contributed by atoms with Gasteiger partial charge in [0.05, 0.1) is 35.8 Å². The van der Waals surface area contributed by atoms with Gasteiger partial charge in [-0.3, -0.25) is 4.79 Å². The maximum absolute atomic E-state index is 12.2. The van der Waals surface area contributed by atoms with Crippen molar-refractivity contribution >= 4 is 33.4 Å². The van der Waals surface area contributed by atoms with Crippen LogP contribution in [0.25, 0.3) is 6.08 Å². The number of nitrogens with one attached hydrogen (secondary N) is 1. The van der Waals surface area contributed by atoms with Crippen molar-refractivity contribution < 1.29 is 22.7 Å². The average Bonchev–Trinajstić information content (AvgIpc) is 2.84. The predicted octanol–water partition coefficient (Wildman–Crippen LogP) is 2.84. The van der Waals surface area contributed by atoms with Crippen LogP contribution in [0.4, 0.5) is 0 Å². The highest BCUT2D eigenvalue weighted by Crippen LogP contribution is 2.36. The molecule has 2 rings (SSSR count). The van der Waals surface area contributed by atoms with E-state index in [-0.39, 0.29) is 17.4 Å². The van der Waals surface area contributed by atoms with Crippen molar-refractivity contribution in [3.63, 3.8) is 0 Å². The predicted molar refractivity (Wildman–Crippen MR) is 103 cm³/mol. The van der Waals surface area contributed by atoms with Crippen molar-refractivity contribution in [3.8, 4) is 11.5 Å². The topological polar surface area (TPSA) is 81.7 Å². The molecule has 26 heavy (non-hydrogen) atoms. The third kappa shape index (κ3) is 5.38. The molecular formula is C18H24ClNO5S. The lowest BCUT2D eigenvalue weighted by molar-refractivity contribution is -0.117. The summed E-state index contributed by atoms with van der Waals surface area (Å²) in [7, 11) is -1.56. The van der Waals surface area contributed by atoms with Crippen molar-refractivity contribution in [1.29, 1.82) is 0 Å². The highest BCUT2D eigenvalue weighted by Gasteiger charge is 2.39. The van der Waals surface area contributed by atoms with Crippen LogP contribution < -0.4 is 14.8 Å². The third-order valence-corrected chi connectivity index (χ3v) is 6.24. The second-order valence-electron chi connectivity index (χ2n) is 6.61. The largest absolute Gasteiger partial charge is 0.493 e. The van der Waals surface area contributed by atoms with E-state index in [4.69, 9.17) is 21.1 Å². The van der Waals surface area contributed by atoms with E-state index < -0.39 is 15.4 Å². The van der Waals surface area contributed by atoms with E-state index in [0.29, 0.717) is 35.1 Å². The zero-order valence-electron chi connectivity index (χ0n) is 15.2. The number of carbonyl (C=O) groups excluding carboxylic acids is 1. The minimum absolute atomic E-state index is 0.0390. The van der Waals surface area contributed by atoms with E-state index >= 15 is 0 Å². The van der Waals surface area contributed by atoms with Gasteiger partial charge in [0.15, 0.2) is 21.3 Å². The molecule has 8 heteroatoms. The Labute approximate surface area is 159 Å². The Morgan fingerprint density at radius 2 is 2.15 bits per heavy atom. The molecule has 1 aromatic carbocycles. The van der Waals surface area contributed by atoms with Crippen LogP contribution in [0.15, 0.2) is 18.2 Å². The number of ether oxygens (including phenoxy) is 2. The van der Waals surface area contributed by atoms with Crippen LogP contribution >= 0.6 is 11.6 Å². The van der Waals surface area contributed by atoms with E-state index in [0.717, 1.165) is 6.42 Å². The van der Waals surface area contributed by atoms with Gasteiger partial charge in [-0.2, -0.15) is 0 Å². The zero-order chi connectivity index (χ0) is 19.4. The van der Waals surface area contributed by atoms with Gasteiger partial charge in [-0.05, 0) is 43.5 Å². The summed E-state index contributed by atoms with van der Waals surface area (Å²) in [6.07, 6.45) is 4.21. The summed E-state index contributed by atoms with van der Waals surface area (Å²) in [4.78, 5) is 12.2. The first kappa shape index (κ1) is 20.6. The van der Waals surface area contributed by atoms with Gasteiger partial charge in [-0.1, -0.05) is 18.5 Å². The van der Waals surface area contributed by atoms with E-state index in [1.165, 1.54) is 13.2 Å². The fraction of sp³-hybridized carbons (Fsp3) is 0.500. The fourth-order valence-corrected chi connectivity index (χ4v) is 5.17. The number of hydrogen-bond acceptors (Lipinski definition) is 5. The molecule has 0 aromatic heterocycles. The minimum Gasteiger partial charge on any atom is -0.493 e. The first-order valence-electron chi connectivity index (χ1n) is 8.39. The summed E-state index contributed by atoms with van der Waals surface area (Å²) >= 11 is 6.25. The highest BCUT2D eigenvalue weighted by molar-refractivity contribution is 7.91. The molecular weight excluding hydrogens is 378 g/mol. The van der Waals surface area contributed by atoms with Gasteiger partial charge < -0.3 is 14.8 Å². The van der Waals surface area contributed by atoms with Gasteiger partial charge in [0, 0.05) is 6.08 Å². The Hall–Kier alpha value is -1.73. The molecule has 0 saturated carbocycles. The molecule has 144 valence electrons. The summed E-state index contributed by atoms with van der Waals surface area (Å²) < 4.78 is 34.1. The number of methoxy groups -OCH3 is 1. The molecule has 6 nitrogen and oxygen atoms in total. The SMILES string of the molecule is CCCOc1c(Cl)cc(/C=C/C(=O)NC2(C)CCS(=O)(=O)C2)cc1OC. The Kier molecular flexibility index (Phi) is 6.58. The maximum Gasteiger partial charge on any atom is 0.244 e.